The smallest absolute Gasteiger partial charge is 0.0448 e. The molecule has 0 amide bonds. The molecule has 1 aliphatic rings. The van der Waals surface area contributed by atoms with Crippen molar-refractivity contribution in [1.29, 1.82) is 0 Å². The summed E-state index contributed by atoms with van der Waals surface area (Å²) < 4.78 is 0. The predicted octanol–water partition coefficient (Wildman–Crippen LogP) is 2.30. The third-order valence-electron chi connectivity index (χ3n) is 3.70. The fourth-order valence-corrected chi connectivity index (χ4v) is 3.07. The highest BCUT2D eigenvalue weighted by Crippen LogP contribution is 2.44. The monoisotopic (exact) mass is 199 g/mol. The lowest BCUT2D eigenvalue weighted by atomic mass is 9.61. The lowest BCUT2D eigenvalue weighted by Crippen LogP contribution is -2.54. The van der Waals surface area contributed by atoms with Crippen LogP contribution in [0.2, 0.25) is 0 Å². The molecule has 0 saturated heterocycles. The van der Waals surface area contributed by atoms with Crippen LogP contribution in [-0.2, 0) is 0 Å². The molecular formula is C12H25NO. The number of hydrogen-bond donors (Lipinski definition) is 2. The molecule has 14 heavy (non-hydrogen) atoms. The summed E-state index contributed by atoms with van der Waals surface area (Å²) >= 11 is 0. The normalized spacial score (nSPS) is 34.5. The summed E-state index contributed by atoms with van der Waals surface area (Å²) in [6.45, 7) is 7.02. The SMILES string of the molecule is CC(C)(C)C1CCCCC1(N)CCO. The zero-order valence-electron chi connectivity index (χ0n) is 9.84. The fourth-order valence-electron chi connectivity index (χ4n) is 3.07. The first kappa shape index (κ1) is 12.0. The van der Waals surface area contributed by atoms with Gasteiger partial charge in [-0.3, -0.25) is 0 Å². The Morgan fingerprint density at radius 3 is 2.50 bits per heavy atom. The van der Waals surface area contributed by atoms with Crippen molar-refractivity contribution in [3.63, 3.8) is 0 Å². The molecule has 2 atom stereocenters. The molecular weight excluding hydrogens is 174 g/mol. The van der Waals surface area contributed by atoms with Crippen molar-refractivity contribution >= 4 is 0 Å². The van der Waals surface area contributed by atoms with Crippen molar-refractivity contribution in [1.82, 2.24) is 0 Å². The number of aliphatic hydroxyl groups excluding tert-OH is 1. The molecule has 1 saturated carbocycles. The maximum atomic E-state index is 9.09. The minimum absolute atomic E-state index is 0.120. The third kappa shape index (κ3) is 2.48. The van der Waals surface area contributed by atoms with E-state index >= 15 is 0 Å². The van der Waals surface area contributed by atoms with Gasteiger partial charge in [0.25, 0.3) is 0 Å². The van der Waals surface area contributed by atoms with Gasteiger partial charge in [-0.15, -0.1) is 0 Å². The molecule has 84 valence electrons. The molecule has 1 aliphatic carbocycles. The van der Waals surface area contributed by atoms with E-state index in [-0.39, 0.29) is 17.6 Å². The highest BCUT2D eigenvalue weighted by Gasteiger charge is 2.42. The summed E-state index contributed by atoms with van der Waals surface area (Å²) in [5.74, 6) is 0.552. The van der Waals surface area contributed by atoms with Gasteiger partial charge in [-0.2, -0.15) is 0 Å². The van der Waals surface area contributed by atoms with Crippen molar-refractivity contribution in [2.45, 2.75) is 58.4 Å². The zero-order chi connectivity index (χ0) is 10.8. The van der Waals surface area contributed by atoms with Crippen molar-refractivity contribution in [3.05, 3.63) is 0 Å². The van der Waals surface area contributed by atoms with Crippen LogP contribution in [0.3, 0.4) is 0 Å². The van der Waals surface area contributed by atoms with Crippen LogP contribution in [0.4, 0.5) is 0 Å². The van der Waals surface area contributed by atoms with Gasteiger partial charge < -0.3 is 10.8 Å². The third-order valence-corrected chi connectivity index (χ3v) is 3.70. The lowest BCUT2D eigenvalue weighted by Gasteiger charge is -2.48. The molecule has 1 fully saturated rings. The standard InChI is InChI=1S/C12H25NO/c1-11(2,3)10-6-4-5-7-12(10,13)8-9-14/h10,14H,4-9,13H2,1-3H3. The first-order valence-corrected chi connectivity index (χ1v) is 5.80. The molecule has 0 aromatic rings. The molecule has 0 radical (unpaired) electrons. The van der Waals surface area contributed by atoms with E-state index in [4.69, 9.17) is 10.8 Å². The molecule has 2 unspecified atom stereocenters. The summed E-state index contributed by atoms with van der Waals surface area (Å²) in [7, 11) is 0. The average molecular weight is 199 g/mol. The van der Waals surface area contributed by atoms with E-state index in [1.165, 1.54) is 19.3 Å². The van der Waals surface area contributed by atoms with Gasteiger partial charge in [-0.05, 0) is 30.6 Å². The van der Waals surface area contributed by atoms with Crippen molar-refractivity contribution in [3.8, 4) is 0 Å². The molecule has 0 heterocycles. The second-order valence-electron chi connectivity index (χ2n) is 5.87. The second kappa shape index (κ2) is 4.19. The van der Waals surface area contributed by atoms with E-state index in [0.29, 0.717) is 5.92 Å². The first-order chi connectivity index (χ1) is 6.40. The second-order valence-corrected chi connectivity index (χ2v) is 5.87. The summed E-state index contributed by atoms with van der Waals surface area (Å²) in [5.41, 5.74) is 6.59. The van der Waals surface area contributed by atoms with Crippen LogP contribution in [0.25, 0.3) is 0 Å². The topological polar surface area (TPSA) is 46.2 Å². The number of rotatable bonds is 2. The molecule has 3 N–H and O–H groups in total. The molecule has 0 aromatic heterocycles. The number of aliphatic hydroxyl groups is 1. The van der Waals surface area contributed by atoms with Gasteiger partial charge in [0, 0.05) is 12.1 Å². The molecule has 1 rings (SSSR count). The highest BCUT2D eigenvalue weighted by molar-refractivity contribution is 4.98. The van der Waals surface area contributed by atoms with Gasteiger partial charge in [-0.1, -0.05) is 33.6 Å². The Morgan fingerprint density at radius 2 is 2.00 bits per heavy atom. The number of hydrogen-bond acceptors (Lipinski definition) is 2. The predicted molar refractivity (Wildman–Crippen MR) is 60.0 cm³/mol. The van der Waals surface area contributed by atoms with E-state index in [1.54, 1.807) is 0 Å². The largest absolute Gasteiger partial charge is 0.396 e. The van der Waals surface area contributed by atoms with E-state index in [0.717, 1.165) is 12.8 Å². The van der Waals surface area contributed by atoms with Gasteiger partial charge >= 0.3 is 0 Å². The maximum absolute atomic E-state index is 9.09. The Bertz CT molecular complexity index is 181. The van der Waals surface area contributed by atoms with Crippen molar-refractivity contribution in [2.75, 3.05) is 6.61 Å². The maximum Gasteiger partial charge on any atom is 0.0448 e. The minimum atomic E-state index is -0.120. The van der Waals surface area contributed by atoms with E-state index in [1.807, 2.05) is 0 Å². The van der Waals surface area contributed by atoms with E-state index < -0.39 is 0 Å². The summed E-state index contributed by atoms with van der Waals surface area (Å²) in [4.78, 5) is 0. The van der Waals surface area contributed by atoms with Gasteiger partial charge in [0.15, 0.2) is 0 Å². The van der Waals surface area contributed by atoms with Crippen molar-refractivity contribution in [2.24, 2.45) is 17.1 Å². The Morgan fingerprint density at radius 1 is 1.36 bits per heavy atom. The van der Waals surface area contributed by atoms with Gasteiger partial charge in [0.05, 0.1) is 0 Å². The quantitative estimate of drug-likeness (QED) is 0.717. The Labute approximate surface area is 87.9 Å². The minimum Gasteiger partial charge on any atom is -0.396 e. The average Bonchev–Trinajstić information content (AvgIpc) is 2.02. The lowest BCUT2D eigenvalue weighted by molar-refractivity contribution is 0.0594. The van der Waals surface area contributed by atoms with Crippen LogP contribution in [0.1, 0.15) is 52.9 Å². The van der Waals surface area contributed by atoms with Crippen LogP contribution in [0.15, 0.2) is 0 Å². The van der Waals surface area contributed by atoms with Crippen LogP contribution >= 0.6 is 0 Å². The molecule has 0 aliphatic heterocycles. The van der Waals surface area contributed by atoms with Crippen LogP contribution < -0.4 is 5.73 Å². The highest BCUT2D eigenvalue weighted by atomic mass is 16.3. The van der Waals surface area contributed by atoms with Crippen LogP contribution in [-0.4, -0.2) is 17.3 Å². The van der Waals surface area contributed by atoms with E-state index in [9.17, 15) is 0 Å². The molecule has 0 aromatic carbocycles. The summed E-state index contributed by atoms with van der Waals surface area (Å²) in [6, 6.07) is 0. The fraction of sp³-hybridized carbons (Fsp3) is 1.00. The number of nitrogens with two attached hydrogens (primary N) is 1. The Hall–Kier alpha value is -0.0800. The Balaban J connectivity index is 2.78. The van der Waals surface area contributed by atoms with Crippen LogP contribution in [0.5, 0.6) is 0 Å². The Kier molecular flexibility index (Phi) is 3.59. The molecule has 2 heteroatoms. The van der Waals surface area contributed by atoms with Gasteiger partial charge in [0.1, 0.15) is 0 Å². The van der Waals surface area contributed by atoms with Crippen molar-refractivity contribution < 1.29 is 5.11 Å². The van der Waals surface area contributed by atoms with E-state index in [2.05, 4.69) is 20.8 Å². The van der Waals surface area contributed by atoms with Gasteiger partial charge in [-0.25, -0.2) is 0 Å². The molecule has 0 bridgehead atoms. The molecule has 0 spiro atoms. The summed E-state index contributed by atoms with van der Waals surface area (Å²) in [6.07, 6.45) is 5.58. The zero-order valence-corrected chi connectivity index (χ0v) is 9.84. The van der Waals surface area contributed by atoms with Gasteiger partial charge in [0.2, 0.25) is 0 Å². The van der Waals surface area contributed by atoms with Crippen LogP contribution in [0, 0.1) is 11.3 Å². The summed E-state index contributed by atoms with van der Waals surface area (Å²) in [5, 5.41) is 9.09. The first-order valence-electron chi connectivity index (χ1n) is 5.80. The molecule has 2 nitrogen and oxygen atoms in total.